The van der Waals surface area contributed by atoms with Crippen LogP contribution in [0.5, 0.6) is 5.75 Å². The van der Waals surface area contributed by atoms with Crippen LogP contribution in [0.15, 0.2) is 35.2 Å². The van der Waals surface area contributed by atoms with Crippen molar-refractivity contribution in [1.82, 2.24) is 4.72 Å². The second-order valence-corrected chi connectivity index (χ2v) is 8.68. The molecule has 0 heterocycles. The van der Waals surface area contributed by atoms with Gasteiger partial charge in [0.25, 0.3) is 0 Å². The molecule has 0 unspecified atom stereocenters. The maximum absolute atomic E-state index is 12.7. The fraction of sp³-hybridized carbons (Fsp3) is 0.381. The third-order valence-corrected chi connectivity index (χ3v) is 5.95. The number of rotatable bonds is 7. The smallest absolute Gasteiger partial charge is 0.242 e. The predicted molar refractivity (Wildman–Crippen MR) is 111 cm³/mol. The fourth-order valence-electron chi connectivity index (χ4n) is 3.07. The van der Waals surface area contributed by atoms with Crippen molar-refractivity contribution in [3.05, 3.63) is 52.6 Å². The Hall–Kier alpha value is -2.38. The van der Waals surface area contributed by atoms with Crippen molar-refractivity contribution in [2.75, 3.05) is 11.9 Å². The number of sulfonamides is 1. The summed E-state index contributed by atoms with van der Waals surface area (Å²) in [6, 6.07) is 7.64. The average molecular weight is 405 g/mol. The van der Waals surface area contributed by atoms with Gasteiger partial charge in [0.15, 0.2) is 0 Å². The van der Waals surface area contributed by atoms with Crippen molar-refractivity contribution < 1.29 is 17.9 Å². The van der Waals surface area contributed by atoms with E-state index in [4.69, 9.17) is 4.74 Å². The Balaban J connectivity index is 2.16. The van der Waals surface area contributed by atoms with E-state index < -0.39 is 22.0 Å². The molecular weight excluding hydrogens is 376 g/mol. The van der Waals surface area contributed by atoms with Gasteiger partial charge in [0.2, 0.25) is 15.9 Å². The molecule has 0 aliphatic rings. The molecule has 0 bridgehead atoms. The van der Waals surface area contributed by atoms with Crippen LogP contribution in [-0.4, -0.2) is 27.0 Å². The summed E-state index contributed by atoms with van der Waals surface area (Å²) in [5.41, 5.74) is 4.39. The number of benzene rings is 2. The topological polar surface area (TPSA) is 84.5 Å². The average Bonchev–Trinajstić information content (AvgIpc) is 2.59. The van der Waals surface area contributed by atoms with Crippen molar-refractivity contribution in [3.63, 3.8) is 0 Å². The first kappa shape index (κ1) is 21.9. The number of nitrogens with one attached hydrogen (secondary N) is 2. The molecule has 2 aromatic carbocycles. The summed E-state index contributed by atoms with van der Waals surface area (Å²) in [5.74, 6) is 0.221. The summed E-state index contributed by atoms with van der Waals surface area (Å²) in [4.78, 5) is 12.7. The molecule has 0 aliphatic carbocycles. The van der Waals surface area contributed by atoms with Crippen LogP contribution < -0.4 is 14.8 Å². The third-order valence-electron chi connectivity index (χ3n) is 4.41. The van der Waals surface area contributed by atoms with E-state index in [-0.39, 0.29) is 4.90 Å². The highest BCUT2D eigenvalue weighted by atomic mass is 32.2. The number of ether oxygens (including phenoxy) is 1. The van der Waals surface area contributed by atoms with Crippen molar-refractivity contribution in [2.45, 2.75) is 52.5 Å². The number of carbonyl (C=O) groups excluding carboxylic acids is 1. The number of aryl methyl sites for hydroxylation is 4. The summed E-state index contributed by atoms with van der Waals surface area (Å²) >= 11 is 0. The van der Waals surface area contributed by atoms with Crippen LogP contribution in [0.4, 0.5) is 5.69 Å². The number of hydrogen-bond acceptors (Lipinski definition) is 4. The van der Waals surface area contributed by atoms with Crippen LogP contribution >= 0.6 is 0 Å². The molecule has 7 heteroatoms. The fourth-order valence-corrected chi connectivity index (χ4v) is 4.36. The summed E-state index contributed by atoms with van der Waals surface area (Å²) in [7, 11) is -3.84. The van der Waals surface area contributed by atoms with Crippen molar-refractivity contribution >= 4 is 21.6 Å². The first-order valence-electron chi connectivity index (χ1n) is 9.19. The summed E-state index contributed by atoms with van der Waals surface area (Å²) < 4.78 is 33.2. The molecule has 0 radical (unpaired) electrons. The first-order valence-corrected chi connectivity index (χ1v) is 10.7. The van der Waals surface area contributed by atoms with Crippen molar-refractivity contribution in [1.29, 1.82) is 0 Å². The predicted octanol–water partition coefficient (Wildman–Crippen LogP) is 3.62. The quantitative estimate of drug-likeness (QED) is 0.738. The third kappa shape index (κ3) is 5.11. The lowest BCUT2D eigenvalue weighted by atomic mass is 10.0. The molecule has 1 amide bonds. The summed E-state index contributed by atoms with van der Waals surface area (Å²) in [5, 5.41) is 2.83. The van der Waals surface area contributed by atoms with E-state index in [0.29, 0.717) is 23.6 Å². The monoisotopic (exact) mass is 404 g/mol. The van der Waals surface area contributed by atoms with Crippen molar-refractivity contribution in [2.24, 2.45) is 0 Å². The molecule has 2 N–H and O–H groups in total. The molecule has 28 heavy (non-hydrogen) atoms. The van der Waals surface area contributed by atoms with Gasteiger partial charge in [-0.25, -0.2) is 8.42 Å². The highest BCUT2D eigenvalue weighted by Gasteiger charge is 2.23. The highest BCUT2D eigenvalue weighted by molar-refractivity contribution is 7.89. The molecule has 152 valence electrons. The second-order valence-electron chi connectivity index (χ2n) is 6.97. The van der Waals surface area contributed by atoms with E-state index in [9.17, 15) is 13.2 Å². The van der Waals surface area contributed by atoms with Crippen LogP contribution in [0.3, 0.4) is 0 Å². The molecule has 6 nitrogen and oxygen atoms in total. The number of hydrogen-bond donors (Lipinski definition) is 2. The maximum atomic E-state index is 12.7. The normalized spacial score (nSPS) is 12.5. The molecule has 0 aliphatic heterocycles. The van der Waals surface area contributed by atoms with E-state index in [1.165, 1.54) is 19.1 Å². The van der Waals surface area contributed by atoms with Crippen LogP contribution in [0.1, 0.15) is 36.1 Å². The lowest BCUT2D eigenvalue weighted by molar-refractivity contribution is -0.117. The zero-order chi connectivity index (χ0) is 21.1. The number of carbonyl (C=O) groups is 1. The first-order chi connectivity index (χ1) is 13.0. The summed E-state index contributed by atoms with van der Waals surface area (Å²) in [6.07, 6.45) is 0. The van der Waals surface area contributed by atoms with Gasteiger partial charge in [0, 0.05) is 5.69 Å². The minimum atomic E-state index is -3.84. The zero-order valence-corrected chi connectivity index (χ0v) is 18.0. The van der Waals surface area contributed by atoms with Gasteiger partial charge in [-0.05, 0) is 76.4 Å². The van der Waals surface area contributed by atoms with Crippen LogP contribution in [-0.2, 0) is 14.8 Å². The Bertz CT molecular complexity index is 961. The van der Waals surface area contributed by atoms with Gasteiger partial charge in [-0.3, -0.25) is 4.79 Å². The van der Waals surface area contributed by atoms with E-state index in [0.717, 1.165) is 16.7 Å². The van der Waals surface area contributed by atoms with Crippen molar-refractivity contribution in [3.8, 4) is 5.75 Å². The van der Waals surface area contributed by atoms with E-state index in [2.05, 4.69) is 10.0 Å². The maximum Gasteiger partial charge on any atom is 0.242 e. The second kappa shape index (κ2) is 8.75. The highest BCUT2D eigenvalue weighted by Crippen LogP contribution is 2.23. The minimum Gasteiger partial charge on any atom is -0.494 e. The summed E-state index contributed by atoms with van der Waals surface area (Å²) in [6.45, 7) is 11.5. The number of amides is 1. The van der Waals surface area contributed by atoms with E-state index in [1.54, 1.807) is 13.0 Å². The molecule has 0 saturated carbocycles. The van der Waals surface area contributed by atoms with E-state index >= 15 is 0 Å². The van der Waals surface area contributed by atoms with Crippen LogP contribution in [0.2, 0.25) is 0 Å². The molecule has 1 atom stereocenters. The van der Waals surface area contributed by atoms with Gasteiger partial charge >= 0.3 is 0 Å². The van der Waals surface area contributed by atoms with Gasteiger partial charge in [0.05, 0.1) is 17.5 Å². The SMILES string of the molecule is CCOc1ccc(S(=O)(=O)N[C@@H](C)C(=O)Nc2c(C)cc(C)cc2C)cc1C. The molecular formula is C21H28N2O4S. The van der Waals surface area contributed by atoms with Gasteiger partial charge in [-0.1, -0.05) is 17.7 Å². The van der Waals surface area contributed by atoms with Gasteiger partial charge < -0.3 is 10.1 Å². The minimum absolute atomic E-state index is 0.0933. The molecule has 0 fully saturated rings. The van der Waals surface area contributed by atoms with E-state index in [1.807, 2.05) is 39.8 Å². The number of anilines is 1. The lowest BCUT2D eigenvalue weighted by Crippen LogP contribution is -2.41. The van der Waals surface area contributed by atoms with Gasteiger partial charge in [-0.15, -0.1) is 0 Å². The Kier molecular flexibility index (Phi) is 6.85. The largest absolute Gasteiger partial charge is 0.494 e. The molecule has 0 aromatic heterocycles. The van der Waals surface area contributed by atoms with Crippen LogP contribution in [0, 0.1) is 27.7 Å². The zero-order valence-electron chi connectivity index (χ0n) is 17.2. The molecule has 0 spiro atoms. The van der Waals surface area contributed by atoms with Crippen LogP contribution in [0.25, 0.3) is 0 Å². The molecule has 2 rings (SSSR count). The Labute approximate surface area is 167 Å². The molecule has 0 saturated heterocycles. The lowest BCUT2D eigenvalue weighted by Gasteiger charge is -2.18. The Morgan fingerprint density at radius 1 is 1.04 bits per heavy atom. The Morgan fingerprint density at radius 2 is 1.64 bits per heavy atom. The standard InChI is InChI=1S/C21H28N2O4S/c1-7-27-19-9-8-18(12-14(19)3)28(25,26)23-17(6)21(24)22-20-15(4)10-13(2)11-16(20)5/h8-12,17,23H,7H2,1-6H3,(H,22,24)/t17-/m0/s1. The molecule has 2 aromatic rings. The Morgan fingerprint density at radius 3 is 2.18 bits per heavy atom. The van der Waals surface area contributed by atoms with Gasteiger partial charge in [-0.2, -0.15) is 4.72 Å². The van der Waals surface area contributed by atoms with Gasteiger partial charge in [0.1, 0.15) is 5.75 Å².